The fourth-order valence-electron chi connectivity index (χ4n) is 1.36. The number of carbonyl (C=O) groups is 1. The van der Waals surface area contributed by atoms with E-state index in [1.165, 1.54) is 25.1 Å². The van der Waals surface area contributed by atoms with Gasteiger partial charge in [-0.3, -0.25) is 4.79 Å². The summed E-state index contributed by atoms with van der Waals surface area (Å²) in [4.78, 5) is 11.7. The predicted molar refractivity (Wildman–Crippen MR) is 78.4 cm³/mol. The summed E-state index contributed by atoms with van der Waals surface area (Å²) < 4.78 is 36.1. The van der Waals surface area contributed by atoms with E-state index in [-0.39, 0.29) is 17.1 Å². The first-order valence-electron chi connectivity index (χ1n) is 5.67. The van der Waals surface area contributed by atoms with Crippen LogP contribution in [0.4, 0.5) is 4.39 Å². The number of hydrogen-bond donors (Lipinski definition) is 2. The Kier molecular flexibility index (Phi) is 5.18. The van der Waals surface area contributed by atoms with Crippen LogP contribution in [0.3, 0.4) is 0 Å². The fourth-order valence-corrected chi connectivity index (χ4v) is 1.96. The topological polar surface area (TPSA) is 89.3 Å². The Morgan fingerprint density at radius 3 is 2.55 bits per heavy atom. The molecule has 8 heteroatoms. The molecule has 0 fully saturated rings. The average molecular weight is 318 g/mol. The molecule has 0 aliphatic rings. The number of amides is 1. The molecule has 0 spiro atoms. The van der Waals surface area contributed by atoms with Gasteiger partial charge in [0, 0.05) is 23.9 Å². The molecule has 1 unspecified atom stereocenters. The highest BCUT2D eigenvalue weighted by molar-refractivity contribution is 7.92. The third-order valence-corrected chi connectivity index (χ3v) is 4.54. The second-order valence-electron chi connectivity index (χ2n) is 4.36. The summed E-state index contributed by atoms with van der Waals surface area (Å²) in [5, 5.41) is 1.19. The number of benzene rings is 1. The molecule has 0 heterocycles. The van der Waals surface area contributed by atoms with Gasteiger partial charge in [-0.2, -0.15) is 0 Å². The number of sulfone groups is 1. The van der Waals surface area contributed by atoms with Gasteiger partial charge in [-0.15, -0.1) is 0 Å². The summed E-state index contributed by atoms with van der Waals surface area (Å²) in [5.74, 6) is -1.24. The summed E-state index contributed by atoms with van der Waals surface area (Å²) in [6, 6.07) is 4.14. The Balaban J connectivity index is 2.76. The molecule has 0 aliphatic carbocycles. The second kappa shape index (κ2) is 6.27. The van der Waals surface area contributed by atoms with Crippen LogP contribution in [0, 0.1) is 5.82 Å². The van der Waals surface area contributed by atoms with Crippen molar-refractivity contribution in [2.24, 2.45) is 5.73 Å². The van der Waals surface area contributed by atoms with E-state index in [2.05, 4.69) is 5.32 Å². The maximum absolute atomic E-state index is 13.7. The molecule has 5 nitrogen and oxygen atoms in total. The van der Waals surface area contributed by atoms with Gasteiger partial charge in [0.2, 0.25) is 5.91 Å². The van der Waals surface area contributed by atoms with Gasteiger partial charge in [0.15, 0.2) is 9.84 Å². The van der Waals surface area contributed by atoms with Gasteiger partial charge in [-0.05, 0) is 13.0 Å². The molecule has 0 aromatic heterocycles. The Morgan fingerprint density at radius 1 is 1.50 bits per heavy atom. The van der Waals surface area contributed by atoms with Crippen molar-refractivity contribution in [1.82, 2.24) is 5.32 Å². The molecule has 0 bridgehead atoms. The van der Waals surface area contributed by atoms with E-state index in [0.717, 1.165) is 6.26 Å². The molecule has 3 N–H and O–H groups in total. The monoisotopic (exact) mass is 318 g/mol. The number of carbonyl (C=O) groups excluding carboxylic acids is 1. The van der Waals surface area contributed by atoms with E-state index in [9.17, 15) is 17.6 Å². The van der Waals surface area contributed by atoms with Crippen molar-refractivity contribution in [3.8, 4) is 0 Å². The Bertz CT molecular complexity index is 644. The quantitative estimate of drug-likeness (QED) is 0.772. The van der Waals surface area contributed by atoms with Crippen LogP contribution in [0.2, 0.25) is 0 Å². The second-order valence-corrected chi connectivity index (χ2v) is 7.17. The highest BCUT2D eigenvalue weighted by Crippen LogP contribution is 2.11. The van der Waals surface area contributed by atoms with Gasteiger partial charge in [0.1, 0.15) is 16.1 Å². The highest BCUT2D eigenvalue weighted by atomic mass is 32.2. The van der Waals surface area contributed by atoms with Crippen LogP contribution in [-0.2, 0) is 21.2 Å². The van der Waals surface area contributed by atoms with Crippen LogP contribution in [0.5, 0.6) is 0 Å². The molecule has 1 amide bonds. The lowest BCUT2D eigenvalue weighted by molar-refractivity contribution is -0.120. The predicted octanol–water partition coefficient (Wildman–Crippen LogP) is 0.509. The van der Waals surface area contributed by atoms with E-state index in [4.69, 9.17) is 18.0 Å². The molecule has 110 valence electrons. The Morgan fingerprint density at radius 2 is 2.10 bits per heavy atom. The first-order valence-corrected chi connectivity index (χ1v) is 8.04. The summed E-state index contributed by atoms with van der Waals surface area (Å²) in [5.41, 5.74) is 5.98. The third kappa shape index (κ3) is 4.24. The fraction of sp³-hybridized carbons (Fsp3) is 0.333. The van der Waals surface area contributed by atoms with Crippen molar-refractivity contribution < 1.29 is 17.6 Å². The van der Waals surface area contributed by atoms with E-state index >= 15 is 0 Å². The minimum atomic E-state index is -3.47. The molecule has 0 radical (unpaired) electrons. The summed E-state index contributed by atoms with van der Waals surface area (Å²) in [7, 11) is -3.47. The Hall–Kier alpha value is -1.54. The molecular formula is C12H15FN2O3S2. The third-order valence-electron chi connectivity index (χ3n) is 2.80. The smallest absolute Gasteiger partial charge is 0.238 e. The highest BCUT2D eigenvalue weighted by Gasteiger charge is 2.23. The van der Waals surface area contributed by atoms with Gasteiger partial charge in [-0.25, -0.2) is 12.8 Å². The zero-order valence-electron chi connectivity index (χ0n) is 11.0. The first kappa shape index (κ1) is 16.5. The van der Waals surface area contributed by atoms with E-state index in [1.54, 1.807) is 0 Å². The molecule has 20 heavy (non-hydrogen) atoms. The molecular weight excluding hydrogens is 303 g/mol. The molecule has 1 rings (SSSR count). The van der Waals surface area contributed by atoms with Gasteiger partial charge in [0.25, 0.3) is 0 Å². The minimum Gasteiger partial charge on any atom is -0.389 e. The zero-order valence-corrected chi connectivity index (χ0v) is 12.6. The lowest BCUT2D eigenvalue weighted by Crippen LogP contribution is -2.37. The number of nitrogens with two attached hydrogens (primary N) is 1. The molecule has 1 aromatic rings. The van der Waals surface area contributed by atoms with Gasteiger partial charge < -0.3 is 11.1 Å². The molecule has 0 aliphatic heterocycles. The van der Waals surface area contributed by atoms with Crippen LogP contribution in [0.1, 0.15) is 18.1 Å². The van der Waals surface area contributed by atoms with Crippen molar-refractivity contribution >= 4 is 33.0 Å². The normalized spacial score (nSPS) is 12.8. The van der Waals surface area contributed by atoms with Crippen molar-refractivity contribution in [3.05, 3.63) is 35.1 Å². The van der Waals surface area contributed by atoms with Crippen molar-refractivity contribution in [2.45, 2.75) is 18.7 Å². The van der Waals surface area contributed by atoms with Crippen molar-refractivity contribution in [2.75, 3.05) is 6.26 Å². The summed E-state index contributed by atoms with van der Waals surface area (Å²) >= 11 is 4.72. The maximum Gasteiger partial charge on any atom is 0.238 e. The van der Waals surface area contributed by atoms with Crippen LogP contribution < -0.4 is 11.1 Å². The standard InChI is InChI=1S/C12H15FN2O3S2/c1-7(20(2,17)18)12(16)15-6-9-4-3-8(11(14)19)5-10(9)13/h3-5,7H,6H2,1-2H3,(H2,14,19)(H,15,16). The molecule has 0 saturated carbocycles. The molecule has 1 atom stereocenters. The largest absolute Gasteiger partial charge is 0.389 e. The lowest BCUT2D eigenvalue weighted by atomic mass is 10.1. The van der Waals surface area contributed by atoms with Gasteiger partial charge >= 0.3 is 0 Å². The van der Waals surface area contributed by atoms with Crippen molar-refractivity contribution in [3.63, 3.8) is 0 Å². The van der Waals surface area contributed by atoms with Gasteiger partial charge in [0.05, 0.1) is 0 Å². The van der Waals surface area contributed by atoms with E-state index in [1.807, 2.05) is 0 Å². The number of thiocarbonyl (C=S) groups is 1. The number of hydrogen-bond acceptors (Lipinski definition) is 4. The zero-order chi connectivity index (χ0) is 15.5. The number of rotatable bonds is 5. The van der Waals surface area contributed by atoms with E-state index in [0.29, 0.717) is 5.56 Å². The van der Waals surface area contributed by atoms with Gasteiger partial charge in [-0.1, -0.05) is 24.4 Å². The summed E-state index contributed by atoms with van der Waals surface area (Å²) in [6.07, 6.45) is 0.967. The molecule has 1 aromatic carbocycles. The lowest BCUT2D eigenvalue weighted by Gasteiger charge is -2.11. The van der Waals surface area contributed by atoms with Crippen LogP contribution in [0.15, 0.2) is 18.2 Å². The number of halogens is 1. The Labute approximate surface area is 122 Å². The SMILES string of the molecule is CC(C(=O)NCc1ccc(C(N)=S)cc1F)S(C)(=O)=O. The van der Waals surface area contributed by atoms with Crippen LogP contribution in [-0.4, -0.2) is 30.8 Å². The van der Waals surface area contributed by atoms with Crippen LogP contribution >= 0.6 is 12.2 Å². The van der Waals surface area contributed by atoms with E-state index < -0.39 is 26.8 Å². The maximum atomic E-state index is 13.7. The number of nitrogens with one attached hydrogen (secondary N) is 1. The van der Waals surface area contributed by atoms with Crippen molar-refractivity contribution in [1.29, 1.82) is 0 Å². The minimum absolute atomic E-state index is 0.0742. The molecule has 0 saturated heterocycles. The first-order chi connectivity index (χ1) is 9.12. The summed E-state index contributed by atoms with van der Waals surface area (Å²) in [6.45, 7) is 1.17. The average Bonchev–Trinajstić information content (AvgIpc) is 2.34. The van der Waals surface area contributed by atoms with Crippen LogP contribution in [0.25, 0.3) is 0 Å².